The van der Waals surface area contributed by atoms with Gasteiger partial charge in [-0.15, -0.1) is 0 Å². The molecule has 32 heavy (non-hydrogen) atoms. The number of hydrogen-bond donors (Lipinski definition) is 0. The van der Waals surface area contributed by atoms with Crippen molar-refractivity contribution in [2.45, 2.75) is 57.8 Å². The largest absolute Gasteiger partial charge is 0.338 e. The Morgan fingerprint density at radius 2 is 1.94 bits per heavy atom. The summed E-state index contributed by atoms with van der Waals surface area (Å²) in [4.78, 5) is 20.3. The van der Waals surface area contributed by atoms with Crippen LogP contribution in [0, 0.1) is 10.8 Å². The first-order valence-electron chi connectivity index (χ1n) is 11.3. The molecule has 168 valence electrons. The van der Waals surface area contributed by atoms with Crippen LogP contribution >= 0.6 is 23.4 Å². The highest BCUT2D eigenvalue weighted by Gasteiger charge is 2.50. The van der Waals surface area contributed by atoms with Gasteiger partial charge in [-0.3, -0.25) is 4.79 Å². The molecule has 2 atom stereocenters. The number of carbonyl (C=O) groups excluding carboxylic acids is 1. The van der Waals surface area contributed by atoms with Gasteiger partial charge in [0.05, 0.1) is 23.3 Å². The standard InChI is InChI=1S/C26H30ClN3OS/c1-25(2)12-20-13-26(3,16-25)17-30(20)23(31)15-32-24-28-21-11-19(27)9-10-22(21)29(24)14-18-7-5-4-6-8-18/h4-11,20H,12-17H2,1-3H3/t20-,26+/m0/s1. The molecule has 1 aliphatic carbocycles. The van der Waals surface area contributed by atoms with Crippen LogP contribution in [0.3, 0.4) is 0 Å². The number of carbonyl (C=O) groups is 1. The summed E-state index contributed by atoms with van der Waals surface area (Å²) in [7, 11) is 0. The molecular weight excluding hydrogens is 438 g/mol. The van der Waals surface area contributed by atoms with Crippen molar-refractivity contribution in [2.75, 3.05) is 12.3 Å². The first kappa shape index (κ1) is 21.8. The second kappa shape index (κ2) is 8.11. The van der Waals surface area contributed by atoms with Gasteiger partial charge in [-0.2, -0.15) is 0 Å². The van der Waals surface area contributed by atoms with Crippen LogP contribution in [-0.2, 0) is 11.3 Å². The van der Waals surface area contributed by atoms with Crippen LogP contribution < -0.4 is 0 Å². The fourth-order valence-corrected chi connectivity index (χ4v) is 7.14. The zero-order chi connectivity index (χ0) is 22.5. The molecule has 4 nitrogen and oxygen atoms in total. The fraction of sp³-hybridized carbons (Fsp3) is 0.462. The Kier molecular flexibility index (Phi) is 5.53. The first-order valence-corrected chi connectivity index (χ1v) is 12.7. The van der Waals surface area contributed by atoms with Crippen molar-refractivity contribution in [2.24, 2.45) is 10.8 Å². The van der Waals surface area contributed by atoms with Crippen molar-refractivity contribution in [3.63, 3.8) is 0 Å². The van der Waals surface area contributed by atoms with Crippen LogP contribution in [0.2, 0.25) is 5.02 Å². The Bertz CT molecular complexity index is 1160. The molecule has 0 spiro atoms. The molecule has 3 aromatic rings. The molecule has 5 rings (SSSR count). The number of nitrogens with zero attached hydrogens (tertiary/aromatic N) is 3. The minimum atomic E-state index is 0.234. The summed E-state index contributed by atoms with van der Waals surface area (Å²) in [6.45, 7) is 8.64. The molecule has 2 aliphatic rings. The van der Waals surface area contributed by atoms with Crippen molar-refractivity contribution < 1.29 is 4.79 Å². The van der Waals surface area contributed by atoms with Gasteiger partial charge in [-0.1, -0.05) is 74.5 Å². The Morgan fingerprint density at radius 1 is 1.16 bits per heavy atom. The second-order valence-electron chi connectivity index (χ2n) is 10.6. The molecule has 2 heterocycles. The maximum atomic E-state index is 13.3. The smallest absolute Gasteiger partial charge is 0.233 e. The summed E-state index contributed by atoms with van der Waals surface area (Å²) in [5, 5.41) is 1.54. The molecule has 6 heteroatoms. The van der Waals surface area contributed by atoms with E-state index in [4.69, 9.17) is 16.6 Å². The van der Waals surface area contributed by atoms with Crippen LogP contribution in [0.25, 0.3) is 11.0 Å². The van der Waals surface area contributed by atoms with E-state index in [1.54, 1.807) is 11.8 Å². The number of rotatable bonds is 5. The minimum absolute atomic E-state index is 0.234. The van der Waals surface area contributed by atoms with Crippen LogP contribution in [0.4, 0.5) is 0 Å². The Balaban J connectivity index is 1.37. The van der Waals surface area contributed by atoms with E-state index in [-0.39, 0.29) is 11.3 Å². The fourth-order valence-electron chi connectivity index (χ4n) is 6.07. The highest BCUT2D eigenvalue weighted by Crippen LogP contribution is 2.52. The molecule has 2 bridgehead atoms. The van der Waals surface area contributed by atoms with Gasteiger partial charge in [-0.25, -0.2) is 4.98 Å². The third-order valence-corrected chi connectivity index (χ3v) is 8.11. The zero-order valence-electron chi connectivity index (χ0n) is 19.0. The Hall–Kier alpha value is -1.98. The monoisotopic (exact) mass is 467 g/mol. The lowest BCUT2D eigenvalue weighted by atomic mass is 9.65. The van der Waals surface area contributed by atoms with E-state index in [1.807, 2.05) is 24.3 Å². The number of halogens is 1. The van der Waals surface area contributed by atoms with Gasteiger partial charge >= 0.3 is 0 Å². The lowest BCUT2D eigenvalue weighted by molar-refractivity contribution is -0.129. The van der Waals surface area contributed by atoms with Crippen LogP contribution in [0.15, 0.2) is 53.7 Å². The molecule has 0 radical (unpaired) electrons. The summed E-state index contributed by atoms with van der Waals surface area (Å²) >= 11 is 7.77. The van der Waals surface area contributed by atoms with Gasteiger partial charge in [0.25, 0.3) is 0 Å². The number of thioether (sulfide) groups is 1. The minimum Gasteiger partial charge on any atom is -0.338 e. The maximum absolute atomic E-state index is 13.3. The predicted molar refractivity (Wildman–Crippen MR) is 132 cm³/mol. The van der Waals surface area contributed by atoms with Gasteiger partial charge in [-0.05, 0) is 53.9 Å². The quantitative estimate of drug-likeness (QED) is 0.416. The van der Waals surface area contributed by atoms with E-state index < -0.39 is 0 Å². The summed E-state index contributed by atoms with van der Waals surface area (Å²) in [6.07, 6.45) is 3.43. The SMILES string of the molecule is CC1(C)C[C@H]2C[C@@](C)(CN2C(=O)CSc2nc3cc(Cl)ccc3n2Cc2ccccc2)C1. The van der Waals surface area contributed by atoms with Crippen LogP contribution in [0.5, 0.6) is 0 Å². The van der Waals surface area contributed by atoms with Crippen molar-refractivity contribution in [1.82, 2.24) is 14.5 Å². The Labute approximate surface area is 199 Å². The number of aromatic nitrogens is 2. The second-order valence-corrected chi connectivity index (χ2v) is 12.0. The third-order valence-electron chi connectivity index (χ3n) is 6.92. The average Bonchev–Trinajstić information content (AvgIpc) is 3.19. The summed E-state index contributed by atoms with van der Waals surface area (Å²) in [6, 6.07) is 16.6. The van der Waals surface area contributed by atoms with Crippen molar-refractivity contribution in [1.29, 1.82) is 0 Å². The summed E-state index contributed by atoms with van der Waals surface area (Å²) in [5.41, 5.74) is 3.68. The van der Waals surface area contributed by atoms with E-state index in [0.29, 0.717) is 28.8 Å². The maximum Gasteiger partial charge on any atom is 0.233 e. The third kappa shape index (κ3) is 4.29. The molecule has 2 fully saturated rings. The van der Waals surface area contributed by atoms with Crippen molar-refractivity contribution in [3.05, 3.63) is 59.1 Å². The molecule has 0 unspecified atom stereocenters. The summed E-state index contributed by atoms with van der Waals surface area (Å²) in [5.74, 6) is 0.650. The molecule has 1 aromatic heterocycles. The van der Waals surface area contributed by atoms with E-state index in [1.165, 1.54) is 12.0 Å². The van der Waals surface area contributed by atoms with Crippen molar-refractivity contribution in [3.8, 4) is 0 Å². The number of amides is 1. The average molecular weight is 468 g/mol. The van der Waals surface area contributed by atoms with E-state index in [2.05, 4.69) is 54.5 Å². The number of fused-ring (bicyclic) bond motifs is 3. The van der Waals surface area contributed by atoms with E-state index in [0.717, 1.165) is 35.6 Å². The van der Waals surface area contributed by atoms with Gasteiger partial charge in [0, 0.05) is 17.6 Å². The van der Waals surface area contributed by atoms with Gasteiger partial charge in [0.1, 0.15) is 0 Å². The molecule has 1 amide bonds. The van der Waals surface area contributed by atoms with Crippen molar-refractivity contribution >= 4 is 40.3 Å². The summed E-state index contributed by atoms with van der Waals surface area (Å²) < 4.78 is 2.20. The molecule has 1 saturated carbocycles. The van der Waals surface area contributed by atoms with E-state index in [9.17, 15) is 4.79 Å². The van der Waals surface area contributed by atoms with Gasteiger partial charge < -0.3 is 9.47 Å². The number of benzene rings is 2. The lowest BCUT2D eigenvalue weighted by Crippen LogP contribution is -2.38. The number of likely N-dealkylation sites (tertiary alicyclic amines) is 1. The lowest BCUT2D eigenvalue weighted by Gasteiger charge is -2.39. The highest BCUT2D eigenvalue weighted by molar-refractivity contribution is 7.99. The highest BCUT2D eigenvalue weighted by atomic mass is 35.5. The van der Waals surface area contributed by atoms with Gasteiger partial charge in [0.15, 0.2) is 5.16 Å². The number of imidazole rings is 1. The van der Waals surface area contributed by atoms with Gasteiger partial charge in [0.2, 0.25) is 5.91 Å². The molecule has 0 N–H and O–H groups in total. The predicted octanol–water partition coefficient (Wildman–Crippen LogP) is 6.26. The van der Waals surface area contributed by atoms with Crippen LogP contribution in [0.1, 0.15) is 45.6 Å². The molecule has 1 saturated heterocycles. The normalized spacial score (nSPS) is 24.2. The first-order chi connectivity index (χ1) is 15.2. The van der Waals surface area contributed by atoms with Crippen LogP contribution in [-0.4, -0.2) is 38.7 Å². The topological polar surface area (TPSA) is 38.1 Å². The number of hydrogen-bond acceptors (Lipinski definition) is 3. The zero-order valence-corrected chi connectivity index (χ0v) is 20.5. The van der Waals surface area contributed by atoms with E-state index >= 15 is 0 Å². The molecule has 1 aliphatic heterocycles. The molecule has 2 aromatic carbocycles. The Morgan fingerprint density at radius 3 is 2.72 bits per heavy atom. The molecular formula is C26H30ClN3OS.